The van der Waals surface area contributed by atoms with Gasteiger partial charge in [0.2, 0.25) is 0 Å². The zero-order valence-corrected chi connectivity index (χ0v) is 16.0. The summed E-state index contributed by atoms with van der Waals surface area (Å²) >= 11 is 0. The third-order valence-electron chi connectivity index (χ3n) is 4.36. The summed E-state index contributed by atoms with van der Waals surface area (Å²) in [5.74, 6) is -0.461. The van der Waals surface area contributed by atoms with Crippen LogP contribution >= 0.6 is 0 Å². The Morgan fingerprint density at radius 1 is 1.14 bits per heavy atom. The summed E-state index contributed by atoms with van der Waals surface area (Å²) in [6, 6.07) is 9.14. The first kappa shape index (κ1) is 21.1. The van der Waals surface area contributed by atoms with Crippen molar-refractivity contribution in [2.75, 3.05) is 17.9 Å². The fraction of sp³-hybridized carbons (Fsp3) is 0.316. The second-order valence-corrected chi connectivity index (χ2v) is 8.24. The maximum absolute atomic E-state index is 12.8. The molecule has 0 saturated carbocycles. The molecule has 10 heteroatoms. The predicted molar refractivity (Wildman–Crippen MR) is 100 cm³/mol. The lowest BCUT2D eigenvalue weighted by atomic mass is 10.2. The molecule has 2 N–H and O–H groups in total. The summed E-state index contributed by atoms with van der Waals surface area (Å²) in [7, 11) is -4.18. The molecule has 1 amide bonds. The van der Waals surface area contributed by atoms with Gasteiger partial charge in [0.1, 0.15) is 0 Å². The molecule has 1 atom stereocenters. The van der Waals surface area contributed by atoms with E-state index in [-0.39, 0.29) is 22.3 Å². The number of amides is 1. The highest BCUT2D eigenvalue weighted by Crippen LogP contribution is 2.31. The molecule has 0 radical (unpaired) electrons. The number of halogens is 3. The number of ether oxygens (including phenoxy) is 1. The number of hydrogen-bond acceptors (Lipinski definition) is 4. The molecule has 1 aliphatic heterocycles. The lowest BCUT2D eigenvalue weighted by molar-refractivity contribution is -0.137. The molecular weight excluding hydrogens is 409 g/mol. The van der Waals surface area contributed by atoms with Crippen LogP contribution in [0.15, 0.2) is 53.4 Å². The lowest BCUT2D eigenvalue weighted by Crippen LogP contribution is -2.31. The summed E-state index contributed by atoms with van der Waals surface area (Å²) in [5.41, 5.74) is -1.08. The fourth-order valence-corrected chi connectivity index (χ4v) is 3.99. The van der Waals surface area contributed by atoms with Crippen LogP contribution in [0.3, 0.4) is 0 Å². The number of hydrogen-bond donors (Lipinski definition) is 2. The standard InChI is InChI=1S/C19H19F3N2O4S/c20-19(21,22)14-5-2-6-15(11-14)24-29(26,27)17-8-1-4-13(10-17)18(25)23-12-16-7-3-9-28-16/h1-2,4-6,8,10-11,16,24H,3,7,9,12H2,(H,23,25)/t16-/m0/s1. The smallest absolute Gasteiger partial charge is 0.376 e. The second-order valence-electron chi connectivity index (χ2n) is 6.56. The highest BCUT2D eigenvalue weighted by molar-refractivity contribution is 7.92. The van der Waals surface area contributed by atoms with Gasteiger partial charge in [-0.25, -0.2) is 8.42 Å². The Morgan fingerprint density at radius 2 is 1.90 bits per heavy atom. The first-order chi connectivity index (χ1) is 13.6. The Morgan fingerprint density at radius 3 is 2.59 bits per heavy atom. The van der Waals surface area contributed by atoms with Gasteiger partial charge in [0.15, 0.2) is 0 Å². The highest BCUT2D eigenvalue weighted by Gasteiger charge is 2.30. The van der Waals surface area contributed by atoms with E-state index in [1.165, 1.54) is 30.3 Å². The molecule has 0 bridgehead atoms. The summed E-state index contributed by atoms with van der Waals surface area (Å²) < 4.78 is 71.1. The second kappa shape index (κ2) is 8.42. The summed E-state index contributed by atoms with van der Waals surface area (Å²) in [6.45, 7) is 0.966. The minimum Gasteiger partial charge on any atom is -0.376 e. The first-order valence-electron chi connectivity index (χ1n) is 8.85. The van der Waals surface area contributed by atoms with E-state index in [1.807, 2.05) is 0 Å². The Balaban J connectivity index is 1.74. The van der Waals surface area contributed by atoms with Gasteiger partial charge in [-0.1, -0.05) is 12.1 Å². The topological polar surface area (TPSA) is 84.5 Å². The van der Waals surface area contributed by atoms with E-state index in [2.05, 4.69) is 10.0 Å². The number of alkyl halides is 3. The average molecular weight is 428 g/mol. The molecule has 0 aliphatic carbocycles. The van der Waals surface area contributed by atoms with Crippen LogP contribution in [0.25, 0.3) is 0 Å². The van der Waals surface area contributed by atoms with Crippen molar-refractivity contribution >= 4 is 21.6 Å². The molecule has 1 saturated heterocycles. The number of anilines is 1. The summed E-state index contributed by atoms with van der Waals surface area (Å²) in [5, 5.41) is 2.69. The fourth-order valence-electron chi connectivity index (χ4n) is 2.89. The van der Waals surface area contributed by atoms with Crippen LogP contribution in [-0.2, 0) is 20.9 Å². The maximum atomic E-state index is 12.8. The summed E-state index contributed by atoms with van der Waals surface area (Å²) in [6.07, 6.45) is -2.89. The van der Waals surface area contributed by atoms with Gasteiger partial charge in [0.25, 0.3) is 15.9 Å². The Kier molecular flexibility index (Phi) is 6.13. The largest absolute Gasteiger partial charge is 0.416 e. The van der Waals surface area contributed by atoms with Gasteiger partial charge in [-0.3, -0.25) is 9.52 Å². The van der Waals surface area contributed by atoms with Crippen LogP contribution < -0.4 is 10.0 Å². The van der Waals surface area contributed by atoms with Gasteiger partial charge in [-0.2, -0.15) is 13.2 Å². The van der Waals surface area contributed by atoms with Gasteiger partial charge in [0, 0.05) is 24.4 Å². The average Bonchev–Trinajstić information content (AvgIpc) is 3.19. The van der Waals surface area contributed by atoms with Gasteiger partial charge in [-0.15, -0.1) is 0 Å². The summed E-state index contributed by atoms with van der Waals surface area (Å²) in [4.78, 5) is 12.1. The molecule has 6 nitrogen and oxygen atoms in total. The Hall–Kier alpha value is -2.59. The van der Waals surface area contributed by atoms with E-state index in [4.69, 9.17) is 4.74 Å². The van der Waals surface area contributed by atoms with Gasteiger partial charge in [-0.05, 0) is 49.2 Å². The van der Waals surface area contributed by atoms with E-state index < -0.39 is 27.7 Å². The number of carbonyl (C=O) groups is 1. The van der Waals surface area contributed by atoms with Gasteiger partial charge in [0.05, 0.1) is 16.6 Å². The van der Waals surface area contributed by atoms with Gasteiger partial charge >= 0.3 is 6.18 Å². The predicted octanol–water partition coefficient (Wildman–Crippen LogP) is 3.42. The molecule has 29 heavy (non-hydrogen) atoms. The lowest BCUT2D eigenvalue weighted by Gasteiger charge is -2.13. The molecule has 0 unspecified atom stereocenters. The van der Waals surface area contributed by atoms with Crippen molar-refractivity contribution in [2.45, 2.75) is 30.0 Å². The Bertz CT molecular complexity index is 987. The molecule has 2 aromatic rings. The number of nitrogens with one attached hydrogen (secondary N) is 2. The zero-order chi connectivity index (χ0) is 21.1. The molecule has 0 spiro atoms. The Labute approximate surface area is 166 Å². The van der Waals surface area contributed by atoms with E-state index in [9.17, 15) is 26.4 Å². The SMILES string of the molecule is O=C(NC[C@@H]1CCCO1)c1cccc(S(=O)(=O)Nc2cccc(C(F)(F)F)c2)c1. The molecule has 1 aliphatic rings. The van der Waals surface area contributed by atoms with Crippen molar-refractivity contribution in [3.8, 4) is 0 Å². The van der Waals surface area contributed by atoms with Crippen LogP contribution in [0.5, 0.6) is 0 Å². The number of carbonyl (C=O) groups excluding carboxylic acids is 1. The molecular formula is C19H19F3N2O4S. The zero-order valence-electron chi connectivity index (χ0n) is 15.2. The minimum atomic E-state index is -4.59. The van der Waals surface area contributed by atoms with E-state index in [0.717, 1.165) is 25.0 Å². The number of benzene rings is 2. The van der Waals surface area contributed by atoms with Crippen LogP contribution in [0.4, 0.5) is 18.9 Å². The normalized spacial score (nSPS) is 17.1. The first-order valence-corrected chi connectivity index (χ1v) is 10.3. The van der Waals surface area contributed by atoms with Gasteiger partial charge < -0.3 is 10.1 Å². The van der Waals surface area contributed by atoms with Crippen molar-refractivity contribution in [3.05, 3.63) is 59.7 Å². The van der Waals surface area contributed by atoms with Crippen LogP contribution in [-0.4, -0.2) is 33.6 Å². The minimum absolute atomic E-state index is 0.0616. The quantitative estimate of drug-likeness (QED) is 0.739. The van der Waals surface area contributed by atoms with E-state index >= 15 is 0 Å². The van der Waals surface area contributed by atoms with Crippen molar-refractivity contribution in [1.82, 2.24) is 5.32 Å². The van der Waals surface area contributed by atoms with E-state index in [0.29, 0.717) is 19.2 Å². The molecule has 1 heterocycles. The number of sulfonamides is 1. The van der Waals surface area contributed by atoms with E-state index in [1.54, 1.807) is 0 Å². The maximum Gasteiger partial charge on any atom is 0.416 e. The van der Waals surface area contributed by atoms with Crippen LogP contribution in [0, 0.1) is 0 Å². The van der Waals surface area contributed by atoms with Crippen molar-refractivity contribution < 1.29 is 31.1 Å². The molecule has 156 valence electrons. The van der Waals surface area contributed by atoms with Crippen LogP contribution in [0.1, 0.15) is 28.8 Å². The molecule has 2 aromatic carbocycles. The highest BCUT2D eigenvalue weighted by atomic mass is 32.2. The third-order valence-corrected chi connectivity index (χ3v) is 5.74. The van der Waals surface area contributed by atoms with Crippen molar-refractivity contribution in [2.24, 2.45) is 0 Å². The number of rotatable bonds is 6. The van der Waals surface area contributed by atoms with Crippen molar-refractivity contribution in [1.29, 1.82) is 0 Å². The third kappa shape index (κ3) is 5.48. The molecule has 0 aromatic heterocycles. The van der Waals surface area contributed by atoms with Crippen molar-refractivity contribution in [3.63, 3.8) is 0 Å². The monoisotopic (exact) mass is 428 g/mol. The van der Waals surface area contributed by atoms with Crippen LogP contribution in [0.2, 0.25) is 0 Å². The molecule has 1 fully saturated rings. The molecule has 3 rings (SSSR count).